The van der Waals surface area contributed by atoms with Crippen LogP contribution in [0.4, 0.5) is 0 Å². The van der Waals surface area contributed by atoms with Gasteiger partial charge in [0.05, 0.1) is 10.2 Å². The fraction of sp³-hybridized carbons (Fsp3) is 0.467. The summed E-state index contributed by atoms with van der Waals surface area (Å²) in [6, 6.07) is 7.69. The molecule has 3 rings (SSSR count). The van der Waals surface area contributed by atoms with Crippen molar-refractivity contribution in [2.24, 2.45) is 0 Å². The van der Waals surface area contributed by atoms with Crippen molar-refractivity contribution in [2.45, 2.75) is 37.5 Å². The number of benzene rings is 1. The standard InChI is InChI=1S/C15H18N2O3S/c1-17(9-5-4-6-9)15(20)13(19)12(18)14-16-10-7-2-3-8-11(10)21-14/h2-3,7-9,12-13,18-19H,4-6H2,1H3/t12-,13-/m1/s1. The van der Waals surface area contributed by atoms with Gasteiger partial charge >= 0.3 is 0 Å². The lowest BCUT2D eigenvalue weighted by Crippen LogP contribution is -2.47. The summed E-state index contributed by atoms with van der Waals surface area (Å²) < 4.78 is 0.929. The molecule has 2 aromatic rings. The van der Waals surface area contributed by atoms with Gasteiger partial charge < -0.3 is 15.1 Å². The summed E-state index contributed by atoms with van der Waals surface area (Å²) in [5.41, 5.74) is 0.767. The molecule has 1 saturated carbocycles. The first kappa shape index (κ1) is 14.4. The van der Waals surface area contributed by atoms with E-state index in [1.165, 1.54) is 11.3 Å². The van der Waals surface area contributed by atoms with E-state index in [0.717, 1.165) is 29.5 Å². The van der Waals surface area contributed by atoms with Gasteiger partial charge in [0.1, 0.15) is 11.1 Å². The molecule has 6 heteroatoms. The van der Waals surface area contributed by atoms with Gasteiger partial charge in [0.15, 0.2) is 6.10 Å². The van der Waals surface area contributed by atoms with Crippen LogP contribution >= 0.6 is 11.3 Å². The van der Waals surface area contributed by atoms with Crippen LogP contribution in [0.1, 0.15) is 30.4 Å². The molecule has 0 spiro atoms. The zero-order chi connectivity index (χ0) is 15.0. The number of fused-ring (bicyclic) bond motifs is 1. The fourth-order valence-corrected chi connectivity index (χ4v) is 3.43. The molecule has 0 radical (unpaired) electrons. The van der Waals surface area contributed by atoms with Gasteiger partial charge in [-0.15, -0.1) is 11.3 Å². The number of aliphatic hydroxyl groups excluding tert-OH is 2. The van der Waals surface area contributed by atoms with Crippen LogP contribution in [-0.2, 0) is 4.79 Å². The number of aliphatic hydroxyl groups is 2. The SMILES string of the molecule is CN(C(=O)[C@H](O)[C@@H](O)c1nc2ccccc2s1)C1CCC1. The van der Waals surface area contributed by atoms with E-state index >= 15 is 0 Å². The Balaban J connectivity index is 1.76. The number of carbonyl (C=O) groups excluding carboxylic acids is 1. The Morgan fingerprint density at radius 3 is 2.71 bits per heavy atom. The molecule has 1 amide bonds. The van der Waals surface area contributed by atoms with Crippen molar-refractivity contribution in [3.8, 4) is 0 Å². The van der Waals surface area contributed by atoms with E-state index in [9.17, 15) is 15.0 Å². The molecule has 2 N–H and O–H groups in total. The van der Waals surface area contributed by atoms with Gasteiger partial charge in [-0.2, -0.15) is 0 Å². The molecule has 0 aliphatic heterocycles. The van der Waals surface area contributed by atoms with Crippen molar-refractivity contribution in [1.29, 1.82) is 0 Å². The fourth-order valence-electron chi connectivity index (χ4n) is 2.45. The second-order valence-electron chi connectivity index (χ2n) is 5.44. The lowest BCUT2D eigenvalue weighted by Gasteiger charge is -2.36. The number of thiazole rings is 1. The molecule has 1 aromatic carbocycles. The molecule has 1 aliphatic rings. The number of carbonyl (C=O) groups is 1. The van der Waals surface area contributed by atoms with Gasteiger partial charge in [-0.3, -0.25) is 4.79 Å². The number of nitrogens with zero attached hydrogens (tertiary/aromatic N) is 2. The molecule has 1 aromatic heterocycles. The number of amides is 1. The van der Waals surface area contributed by atoms with Crippen LogP contribution in [0.2, 0.25) is 0 Å². The largest absolute Gasteiger partial charge is 0.383 e. The number of likely N-dealkylation sites (N-methyl/N-ethyl adjacent to an activating group) is 1. The van der Waals surface area contributed by atoms with Gasteiger partial charge in [-0.1, -0.05) is 12.1 Å². The van der Waals surface area contributed by atoms with Gasteiger partial charge in [0.25, 0.3) is 5.91 Å². The Kier molecular flexibility index (Phi) is 3.93. The Hall–Kier alpha value is -1.50. The third-order valence-electron chi connectivity index (χ3n) is 4.09. The van der Waals surface area contributed by atoms with E-state index in [-0.39, 0.29) is 6.04 Å². The third kappa shape index (κ3) is 2.66. The van der Waals surface area contributed by atoms with Crippen LogP contribution in [0.5, 0.6) is 0 Å². The number of rotatable bonds is 4. The first-order chi connectivity index (χ1) is 10.1. The van der Waals surface area contributed by atoms with Crippen molar-refractivity contribution in [3.63, 3.8) is 0 Å². The summed E-state index contributed by atoms with van der Waals surface area (Å²) in [5, 5.41) is 20.7. The maximum absolute atomic E-state index is 12.2. The molecule has 0 saturated heterocycles. The quantitative estimate of drug-likeness (QED) is 0.902. The monoisotopic (exact) mass is 306 g/mol. The molecule has 2 atom stereocenters. The lowest BCUT2D eigenvalue weighted by molar-refractivity contribution is -0.148. The second kappa shape index (κ2) is 5.71. The summed E-state index contributed by atoms with van der Waals surface area (Å²) >= 11 is 1.30. The zero-order valence-electron chi connectivity index (χ0n) is 11.8. The van der Waals surface area contributed by atoms with Gasteiger partial charge in [-0.05, 0) is 31.4 Å². The molecular formula is C15H18N2O3S. The first-order valence-electron chi connectivity index (χ1n) is 7.06. The highest BCUT2D eigenvalue weighted by molar-refractivity contribution is 7.18. The molecule has 1 heterocycles. The van der Waals surface area contributed by atoms with E-state index in [1.54, 1.807) is 11.9 Å². The van der Waals surface area contributed by atoms with Crippen molar-refractivity contribution in [2.75, 3.05) is 7.05 Å². The predicted octanol–water partition coefficient (Wildman–Crippen LogP) is 1.70. The number of para-hydroxylation sites is 1. The maximum Gasteiger partial charge on any atom is 0.254 e. The smallest absolute Gasteiger partial charge is 0.254 e. The molecule has 21 heavy (non-hydrogen) atoms. The van der Waals surface area contributed by atoms with E-state index in [4.69, 9.17) is 0 Å². The highest BCUT2D eigenvalue weighted by Crippen LogP contribution is 2.30. The van der Waals surface area contributed by atoms with Crippen LogP contribution in [0.15, 0.2) is 24.3 Å². The molecular weight excluding hydrogens is 288 g/mol. The summed E-state index contributed by atoms with van der Waals surface area (Å²) in [7, 11) is 1.68. The summed E-state index contributed by atoms with van der Waals surface area (Å²) in [4.78, 5) is 18.0. The third-order valence-corrected chi connectivity index (χ3v) is 5.19. The van der Waals surface area contributed by atoms with Crippen LogP contribution in [0.3, 0.4) is 0 Å². The predicted molar refractivity (Wildman–Crippen MR) is 81.0 cm³/mol. The van der Waals surface area contributed by atoms with E-state index < -0.39 is 18.1 Å². The molecule has 1 fully saturated rings. The molecule has 0 bridgehead atoms. The van der Waals surface area contributed by atoms with Crippen molar-refractivity contribution < 1.29 is 15.0 Å². The summed E-state index contributed by atoms with van der Waals surface area (Å²) in [6.45, 7) is 0. The maximum atomic E-state index is 12.2. The highest BCUT2D eigenvalue weighted by Gasteiger charge is 2.34. The number of hydrogen-bond acceptors (Lipinski definition) is 5. The van der Waals surface area contributed by atoms with Crippen LogP contribution < -0.4 is 0 Å². The molecule has 0 unspecified atom stereocenters. The molecule has 1 aliphatic carbocycles. The Morgan fingerprint density at radius 2 is 2.10 bits per heavy atom. The average molecular weight is 306 g/mol. The first-order valence-corrected chi connectivity index (χ1v) is 7.88. The minimum absolute atomic E-state index is 0.190. The van der Waals surface area contributed by atoms with Crippen LogP contribution in [-0.4, -0.2) is 45.2 Å². The zero-order valence-corrected chi connectivity index (χ0v) is 12.6. The summed E-state index contributed by atoms with van der Waals surface area (Å²) in [6.07, 6.45) is 0.297. The normalized spacial score (nSPS) is 18.2. The van der Waals surface area contributed by atoms with E-state index in [0.29, 0.717) is 5.01 Å². The minimum atomic E-state index is -1.46. The van der Waals surface area contributed by atoms with Crippen LogP contribution in [0, 0.1) is 0 Å². The topological polar surface area (TPSA) is 73.7 Å². The minimum Gasteiger partial charge on any atom is -0.383 e. The van der Waals surface area contributed by atoms with Crippen molar-refractivity contribution in [1.82, 2.24) is 9.88 Å². The number of aromatic nitrogens is 1. The van der Waals surface area contributed by atoms with E-state index in [2.05, 4.69) is 4.98 Å². The van der Waals surface area contributed by atoms with Gasteiger partial charge in [0.2, 0.25) is 0 Å². The van der Waals surface area contributed by atoms with E-state index in [1.807, 2.05) is 24.3 Å². The van der Waals surface area contributed by atoms with Gasteiger partial charge in [0, 0.05) is 13.1 Å². The molecule has 112 valence electrons. The van der Waals surface area contributed by atoms with Crippen LogP contribution in [0.25, 0.3) is 10.2 Å². The Morgan fingerprint density at radius 1 is 1.38 bits per heavy atom. The highest BCUT2D eigenvalue weighted by atomic mass is 32.1. The van der Waals surface area contributed by atoms with Crippen molar-refractivity contribution >= 4 is 27.5 Å². The van der Waals surface area contributed by atoms with Crippen molar-refractivity contribution in [3.05, 3.63) is 29.3 Å². The number of hydrogen-bond donors (Lipinski definition) is 2. The Labute approximate surface area is 126 Å². The average Bonchev–Trinajstić information content (AvgIpc) is 2.86. The summed E-state index contributed by atoms with van der Waals surface area (Å²) in [5.74, 6) is -0.438. The second-order valence-corrected chi connectivity index (χ2v) is 6.51. The lowest BCUT2D eigenvalue weighted by atomic mass is 9.91. The molecule has 5 nitrogen and oxygen atoms in total. The van der Waals surface area contributed by atoms with Gasteiger partial charge in [-0.25, -0.2) is 4.98 Å². The Bertz CT molecular complexity index is 620.